The molecular weight excluding hydrogens is 122 g/mol. The van der Waals surface area contributed by atoms with Crippen molar-refractivity contribution in [1.82, 2.24) is 5.32 Å². The Balaban J connectivity index is 2.69. The Hall–Kier alpha value is -0.300. The molecule has 1 heteroatoms. The molecule has 1 aliphatic rings. The molecule has 0 radical (unpaired) electrons. The summed E-state index contributed by atoms with van der Waals surface area (Å²) < 4.78 is 0. The highest BCUT2D eigenvalue weighted by molar-refractivity contribution is 5.13. The van der Waals surface area contributed by atoms with Gasteiger partial charge in [0.25, 0.3) is 0 Å². The van der Waals surface area contributed by atoms with Crippen LogP contribution in [0.3, 0.4) is 0 Å². The molecule has 3 atom stereocenters. The highest BCUT2D eigenvalue weighted by atomic mass is 15.0. The quantitative estimate of drug-likeness (QED) is 0.506. The molecule has 0 aromatic carbocycles. The van der Waals surface area contributed by atoms with Crippen LogP contribution in [-0.2, 0) is 0 Å². The van der Waals surface area contributed by atoms with Crippen molar-refractivity contribution < 1.29 is 0 Å². The van der Waals surface area contributed by atoms with Gasteiger partial charge in [-0.05, 0) is 26.7 Å². The van der Waals surface area contributed by atoms with Gasteiger partial charge in [0.15, 0.2) is 0 Å². The van der Waals surface area contributed by atoms with Gasteiger partial charge in [0, 0.05) is 12.1 Å². The topological polar surface area (TPSA) is 12.0 Å². The Morgan fingerprint density at radius 1 is 1.30 bits per heavy atom. The standard InChI is InChI=1S/C9H17N/c1-6-5-7(2)9(4)10-8(6)3/h5-6,8-10H,1-4H3. The van der Waals surface area contributed by atoms with Gasteiger partial charge in [-0.3, -0.25) is 0 Å². The summed E-state index contributed by atoms with van der Waals surface area (Å²) in [5, 5.41) is 3.51. The van der Waals surface area contributed by atoms with E-state index in [1.54, 1.807) is 0 Å². The smallest absolute Gasteiger partial charge is 0.0251 e. The van der Waals surface area contributed by atoms with Crippen LogP contribution in [0.4, 0.5) is 0 Å². The third kappa shape index (κ3) is 1.40. The van der Waals surface area contributed by atoms with Crippen LogP contribution in [0.1, 0.15) is 27.7 Å². The van der Waals surface area contributed by atoms with Gasteiger partial charge in [-0.25, -0.2) is 0 Å². The average molecular weight is 139 g/mol. The monoisotopic (exact) mass is 139 g/mol. The molecule has 0 fully saturated rings. The molecule has 1 heterocycles. The minimum Gasteiger partial charge on any atom is -0.307 e. The molecule has 0 saturated carbocycles. The van der Waals surface area contributed by atoms with Crippen molar-refractivity contribution in [2.75, 3.05) is 0 Å². The molecule has 1 rings (SSSR count). The third-order valence-electron chi connectivity index (χ3n) is 2.51. The fourth-order valence-electron chi connectivity index (χ4n) is 1.38. The second-order valence-electron chi connectivity index (χ2n) is 3.45. The first-order valence-electron chi connectivity index (χ1n) is 4.05. The van der Waals surface area contributed by atoms with E-state index in [-0.39, 0.29) is 0 Å². The van der Waals surface area contributed by atoms with Gasteiger partial charge < -0.3 is 5.32 Å². The van der Waals surface area contributed by atoms with Crippen LogP contribution in [0.15, 0.2) is 11.6 Å². The lowest BCUT2D eigenvalue weighted by atomic mass is 9.93. The molecule has 10 heavy (non-hydrogen) atoms. The maximum atomic E-state index is 3.51. The minimum atomic E-state index is 0.575. The predicted octanol–water partition coefficient (Wildman–Crippen LogP) is 1.95. The summed E-state index contributed by atoms with van der Waals surface area (Å²) >= 11 is 0. The van der Waals surface area contributed by atoms with Crippen molar-refractivity contribution in [2.45, 2.75) is 39.8 Å². The molecule has 0 amide bonds. The normalized spacial score (nSPS) is 41.2. The van der Waals surface area contributed by atoms with Gasteiger partial charge in [0.05, 0.1) is 0 Å². The van der Waals surface area contributed by atoms with E-state index >= 15 is 0 Å². The van der Waals surface area contributed by atoms with E-state index in [4.69, 9.17) is 0 Å². The number of rotatable bonds is 0. The van der Waals surface area contributed by atoms with Crippen LogP contribution in [0.2, 0.25) is 0 Å². The van der Waals surface area contributed by atoms with Crippen molar-refractivity contribution in [3.63, 3.8) is 0 Å². The van der Waals surface area contributed by atoms with Gasteiger partial charge >= 0.3 is 0 Å². The van der Waals surface area contributed by atoms with Gasteiger partial charge in [0.1, 0.15) is 0 Å². The van der Waals surface area contributed by atoms with Crippen molar-refractivity contribution in [1.29, 1.82) is 0 Å². The highest BCUT2D eigenvalue weighted by Crippen LogP contribution is 2.16. The van der Waals surface area contributed by atoms with E-state index in [9.17, 15) is 0 Å². The van der Waals surface area contributed by atoms with E-state index in [1.807, 2.05) is 0 Å². The zero-order chi connectivity index (χ0) is 7.72. The molecule has 3 unspecified atom stereocenters. The first-order chi connectivity index (χ1) is 4.61. The van der Waals surface area contributed by atoms with Gasteiger partial charge in [-0.1, -0.05) is 18.6 Å². The second-order valence-corrected chi connectivity index (χ2v) is 3.45. The Kier molecular flexibility index (Phi) is 2.14. The maximum absolute atomic E-state index is 3.51. The van der Waals surface area contributed by atoms with Crippen molar-refractivity contribution in [2.24, 2.45) is 5.92 Å². The minimum absolute atomic E-state index is 0.575. The van der Waals surface area contributed by atoms with Crippen molar-refractivity contribution in [3.8, 4) is 0 Å². The largest absolute Gasteiger partial charge is 0.307 e. The Morgan fingerprint density at radius 2 is 1.90 bits per heavy atom. The summed E-state index contributed by atoms with van der Waals surface area (Å²) in [5.41, 5.74) is 1.48. The first kappa shape index (κ1) is 7.80. The number of nitrogens with one attached hydrogen (secondary N) is 1. The molecule has 0 aromatic rings. The van der Waals surface area contributed by atoms with E-state index in [2.05, 4.69) is 39.1 Å². The lowest BCUT2D eigenvalue weighted by molar-refractivity contribution is 0.402. The fraction of sp³-hybridized carbons (Fsp3) is 0.778. The van der Waals surface area contributed by atoms with Gasteiger partial charge in [-0.15, -0.1) is 0 Å². The van der Waals surface area contributed by atoms with Crippen LogP contribution in [0.25, 0.3) is 0 Å². The Bertz CT molecular complexity index is 149. The Morgan fingerprint density at radius 3 is 2.40 bits per heavy atom. The van der Waals surface area contributed by atoms with Crippen LogP contribution >= 0.6 is 0 Å². The van der Waals surface area contributed by atoms with Crippen LogP contribution < -0.4 is 5.32 Å². The SMILES string of the molecule is CC1=CC(C)C(C)NC1C. The summed E-state index contributed by atoms with van der Waals surface area (Å²) in [4.78, 5) is 0. The summed E-state index contributed by atoms with van der Waals surface area (Å²) in [7, 11) is 0. The molecule has 1 N–H and O–H groups in total. The zero-order valence-electron chi connectivity index (χ0n) is 7.31. The second kappa shape index (κ2) is 2.75. The van der Waals surface area contributed by atoms with Gasteiger partial charge in [0.2, 0.25) is 0 Å². The molecule has 0 spiro atoms. The maximum Gasteiger partial charge on any atom is 0.0251 e. The molecule has 1 aliphatic heterocycles. The molecule has 0 saturated heterocycles. The highest BCUT2D eigenvalue weighted by Gasteiger charge is 2.18. The average Bonchev–Trinajstić information content (AvgIpc) is 1.84. The zero-order valence-corrected chi connectivity index (χ0v) is 7.31. The number of hydrogen-bond acceptors (Lipinski definition) is 1. The van der Waals surface area contributed by atoms with Crippen LogP contribution in [-0.4, -0.2) is 12.1 Å². The lowest BCUT2D eigenvalue weighted by Gasteiger charge is -2.30. The summed E-state index contributed by atoms with van der Waals surface area (Å²) in [5.74, 6) is 0.691. The first-order valence-corrected chi connectivity index (χ1v) is 4.05. The van der Waals surface area contributed by atoms with E-state index < -0.39 is 0 Å². The number of hydrogen-bond donors (Lipinski definition) is 1. The molecule has 0 aromatic heterocycles. The van der Waals surface area contributed by atoms with Crippen LogP contribution in [0, 0.1) is 5.92 Å². The third-order valence-corrected chi connectivity index (χ3v) is 2.51. The Labute approximate surface area is 63.5 Å². The molecule has 0 bridgehead atoms. The van der Waals surface area contributed by atoms with E-state index in [0.717, 1.165) is 0 Å². The van der Waals surface area contributed by atoms with E-state index in [0.29, 0.717) is 18.0 Å². The summed E-state index contributed by atoms with van der Waals surface area (Å²) in [6, 6.07) is 1.21. The molecule has 0 aliphatic carbocycles. The van der Waals surface area contributed by atoms with Crippen molar-refractivity contribution in [3.05, 3.63) is 11.6 Å². The lowest BCUT2D eigenvalue weighted by Crippen LogP contribution is -2.42. The van der Waals surface area contributed by atoms with Crippen molar-refractivity contribution >= 4 is 0 Å². The molecular formula is C9H17N. The molecule has 58 valence electrons. The van der Waals surface area contributed by atoms with Gasteiger partial charge in [-0.2, -0.15) is 0 Å². The fourth-order valence-corrected chi connectivity index (χ4v) is 1.38. The summed E-state index contributed by atoms with van der Waals surface area (Å²) in [6.07, 6.45) is 2.37. The molecule has 1 nitrogen and oxygen atoms in total. The van der Waals surface area contributed by atoms with Crippen LogP contribution in [0.5, 0.6) is 0 Å². The van der Waals surface area contributed by atoms with E-state index in [1.165, 1.54) is 5.57 Å². The summed E-state index contributed by atoms with van der Waals surface area (Å²) in [6.45, 7) is 8.91. The predicted molar refractivity (Wildman–Crippen MR) is 45.0 cm³/mol.